The predicted molar refractivity (Wildman–Crippen MR) is 142 cm³/mol. The number of hydrogen-bond donors (Lipinski definition) is 3. The van der Waals surface area contributed by atoms with Gasteiger partial charge in [-0.15, -0.1) is 0 Å². The van der Waals surface area contributed by atoms with Gasteiger partial charge in [0.15, 0.2) is 0 Å². The van der Waals surface area contributed by atoms with E-state index in [1.165, 1.54) is 0 Å². The molecule has 6 nitrogen and oxygen atoms in total. The standard InChI is InChI=1S/C29H34N4O2/c1-3-33(20-29(2)15-17-31-18-16-29)28(35)23-11-9-22(10-12-23)27(34)32-26-19-24(13-14-25(26)30)21-7-5-4-6-8-21/h4-14,19,31H,3,15-18,20,30H2,1-2H3,(H,32,34). The highest BCUT2D eigenvalue weighted by Gasteiger charge is 2.30. The fourth-order valence-corrected chi connectivity index (χ4v) is 4.59. The molecule has 1 saturated heterocycles. The lowest BCUT2D eigenvalue weighted by Gasteiger charge is -2.38. The number of piperidine rings is 1. The third-order valence-electron chi connectivity index (χ3n) is 6.85. The van der Waals surface area contributed by atoms with Gasteiger partial charge >= 0.3 is 0 Å². The normalized spacial score (nSPS) is 14.8. The average molecular weight is 471 g/mol. The Labute approximate surface area is 207 Å². The lowest BCUT2D eigenvalue weighted by Crippen LogP contribution is -2.45. The molecule has 4 N–H and O–H groups in total. The Kier molecular flexibility index (Phi) is 7.51. The van der Waals surface area contributed by atoms with Crippen LogP contribution in [0, 0.1) is 5.41 Å². The van der Waals surface area contributed by atoms with Crippen LogP contribution in [-0.2, 0) is 0 Å². The molecule has 6 heteroatoms. The molecule has 0 unspecified atom stereocenters. The van der Waals surface area contributed by atoms with Crippen LogP contribution in [0.1, 0.15) is 47.4 Å². The number of nitrogen functional groups attached to an aromatic ring is 1. The minimum absolute atomic E-state index is 0.000905. The highest BCUT2D eigenvalue weighted by atomic mass is 16.2. The van der Waals surface area contributed by atoms with Crippen LogP contribution in [0.25, 0.3) is 11.1 Å². The first-order valence-corrected chi connectivity index (χ1v) is 12.2. The number of benzene rings is 3. The summed E-state index contributed by atoms with van der Waals surface area (Å²) in [6, 6.07) is 22.4. The predicted octanol–water partition coefficient (Wildman–Crippen LogP) is 5.04. The van der Waals surface area contributed by atoms with Crippen molar-refractivity contribution in [3.8, 4) is 11.1 Å². The van der Waals surface area contributed by atoms with E-state index in [9.17, 15) is 9.59 Å². The van der Waals surface area contributed by atoms with Crippen molar-refractivity contribution in [1.82, 2.24) is 10.2 Å². The molecule has 35 heavy (non-hydrogen) atoms. The van der Waals surface area contributed by atoms with Crippen molar-refractivity contribution >= 4 is 23.2 Å². The van der Waals surface area contributed by atoms with Crippen LogP contribution in [-0.4, -0.2) is 42.9 Å². The topological polar surface area (TPSA) is 87.5 Å². The van der Waals surface area contributed by atoms with E-state index in [0.29, 0.717) is 29.0 Å². The fraction of sp³-hybridized carbons (Fsp3) is 0.310. The van der Waals surface area contributed by atoms with Gasteiger partial charge in [0.1, 0.15) is 0 Å². The molecule has 3 aromatic carbocycles. The van der Waals surface area contributed by atoms with Gasteiger partial charge in [0.25, 0.3) is 11.8 Å². The monoisotopic (exact) mass is 470 g/mol. The highest BCUT2D eigenvalue weighted by Crippen LogP contribution is 2.30. The molecule has 1 aliphatic rings. The molecule has 0 radical (unpaired) electrons. The maximum absolute atomic E-state index is 13.2. The molecule has 0 aromatic heterocycles. The van der Waals surface area contributed by atoms with E-state index in [0.717, 1.165) is 43.6 Å². The molecule has 2 amide bonds. The number of carbonyl (C=O) groups is 2. The van der Waals surface area contributed by atoms with Crippen LogP contribution < -0.4 is 16.4 Å². The van der Waals surface area contributed by atoms with Crippen LogP contribution in [0.2, 0.25) is 0 Å². The maximum Gasteiger partial charge on any atom is 0.255 e. The lowest BCUT2D eigenvalue weighted by atomic mass is 9.80. The summed E-state index contributed by atoms with van der Waals surface area (Å²) in [4.78, 5) is 28.0. The van der Waals surface area contributed by atoms with Crippen LogP contribution >= 0.6 is 0 Å². The minimum Gasteiger partial charge on any atom is -0.397 e. The third kappa shape index (κ3) is 5.89. The summed E-state index contributed by atoms with van der Waals surface area (Å²) in [5.41, 5.74) is 10.4. The number of anilines is 2. The zero-order chi connectivity index (χ0) is 24.8. The van der Waals surface area contributed by atoms with Gasteiger partial charge in [0.05, 0.1) is 11.4 Å². The number of nitrogens with two attached hydrogens (primary N) is 1. The second-order valence-electron chi connectivity index (χ2n) is 9.58. The van der Waals surface area contributed by atoms with Crippen molar-refractivity contribution in [2.24, 2.45) is 5.41 Å². The van der Waals surface area contributed by atoms with Gasteiger partial charge in [0.2, 0.25) is 0 Å². The maximum atomic E-state index is 13.2. The van der Waals surface area contributed by atoms with Crippen molar-refractivity contribution in [2.75, 3.05) is 37.2 Å². The van der Waals surface area contributed by atoms with Gasteiger partial charge in [-0.05, 0) is 85.8 Å². The van der Waals surface area contributed by atoms with Crippen molar-refractivity contribution in [3.63, 3.8) is 0 Å². The van der Waals surface area contributed by atoms with E-state index < -0.39 is 0 Å². The molecule has 4 rings (SSSR count). The second-order valence-corrected chi connectivity index (χ2v) is 9.58. The first-order chi connectivity index (χ1) is 16.9. The summed E-state index contributed by atoms with van der Waals surface area (Å²) >= 11 is 0. The van der Waals surface area contributed by atoms with Gasteiger partial charge in [-0.3, -0.25) is 9.59 Å². The summed E-state index contributed by atoms with van der Waals surface area (Å²) < 4.78 is 0. The molecule has 0 saturated carbocycles. The highest BCUT2D eigenvalue weighted by molar-refractivity contribution is 6.06. The van der Waals surface area contributed by atoms with Crippen LogP contribution in [0.5, 0.6) is 0 Å². The fourth-order valence-electron chi connectivity index (χ4n) is 4.59. The zero-order valence-electron chi connectivity index (χ0n) is 20.5. The Hall–Kier alpha value is -3.64. The Morgan fingerprint density at radius 2 is 1.60 bits per heavy atom. The number of rotatable bonds is 7. The SMILES string of the molecule is CCN(CC1(C)CCNCC1)C(=O)c1ccc(C(=O)Nc2cc(-c3ccccc3)ccc2N)cc1. The molecule has 1 aliphatic heterocycles. The number of carbonyl (C=O) groups excluding carboxylic acids is 2. The van der Waals surface area contributed by atoms with E-state index >= 15 is 0 Å². The van der Waals surface area contributed by atoms with Gasteiger partial charge in [-0.1, -0.05) is 43.3 Å². The summed E-state index contributed by atoms with van der Waals surface area (Å²) in [7, 11) is 0. The second kappa shape index (κ2) is 10.7. The van der Waals surface area contributed by atoms with E-state index in [1.807, 2.05) is 54.3 Å². The Balaban J connectivity index is 1.45. The van der Waals surface area contributed by atoms with Crippen LogP contribution in [0.15, 0.2) is 72.8 Å². The largest absolute Gasteiger partial charge is 0.397 e. The molecule has 0 atom stereocenters. The van der Waals surface area contributed by atoms with Crippen LogP contribution in [0.4, 0.5) is 11.4 Å². The zero-order valence-corrected chi connectivity index (χ0v) is 20.5. The third-order valence-corrected chi connectivity index (χ3v) is 6.85. The summed E-state index contributed by atoms with van der Waals surface area (Å²) in [6.07, 6.45) is 2.12. The van der Waals surface area contributed by atoms with Gasteiger partial charge in [-0.2, -0.15) is 0 Å². The molecule has 0 spiro atoms. The van der Waals surface area contributed by atoms with Crippen molar-refractivity contribution < 1.29 is 9.59 Å². The molecular formula is C29H34N4O2. The molecule has 1 fully saturated rings. The van der Waals surface area contributed by atoms with E-state index in [4.69, 9.17) is 5.73 Å². The van der Waals surface area contributed by atoms with Gasteiger partial charge in [0, 0.05) is 24.2 Å². The first-order valence-electron chi connectivity index (χ1n) is 12.2. The Bertz CT molecular complexity index is 1170. The van der Waals surface area contributed by atoms with Crippen LogP contribution in [0.3, 0.4) is 0 Å². The van der Waals surface area contributed by atoms with Crippen molar-refractivity contribution in [1.29, 1.82) is 0 Å². The minimum atomic E-state index is -0.268. The molecule has 3 aromatic rings. The quantitative estimate of drug-likeness (QED) is 0.422. The van der Waals surface area contributed by atoms with E-state index in [2.05, 4.69) is 17.6 Å². The Morgan fingerprint density at radius 1 is 0.943 bits per heavy atom. The first kappa shape index (κ1) is 24.5. The number of nitrogens with zero attached hydrogens (tertiary/aromatic N) is 1. The molecule has 182 valence electrons. The van der Waals surface area contributed by atoms with Gasteiger partial charge < -0.3 is 21.3 Å². The van der Waals surface area contributed by atoms with Gasteiger partial charge in [-0.25, -0.2) is 0 Å². The summed E-state index contributed by atoms with van der Waals surface area (Å²) in [6.45, 7) is 7.65. The number of hydrogen-bond acceptors (Lipinski definition) is 4. The van der Waals surface area contributed by atoms with E-state index in [-0.39, 0.29) is 17.2 Å². The average Bonchev–Trinajstić information content (AvgIpc) is 2.89. The summed E-state index contributed by atoms with van der Waals surface area (Å²) in [5.74, 6) is -0.269. The summed E-state index contributed by atoms with van der Waals surface area (Å²) in [5, 5.41) is 6.31. The van der Waals surface area contributed by atoms with Crippen molar-refractivity contribution in [3.05, 3.63) is 83.9 Å². The van der Waals surface area contributed by atoms with E-state index in [1.54, 1.807) is 30.3 Å². The number of amides is 2. The van der Waals surface area contributed by atoms with Crippen molar-refractivity contribution in [2.45, 2.75) is 26.7 Å². The molecule has 1 heterocycles. The smallest absolute Gasteiger partial charge is 0.255 e. The molecule has 0 aliphatic carbocycles. The Morgan fingerprint density at radius 3 is 2.26 bits per heavy atom. The molecular weight excluding hydrogens is 436 g/mol. The lowest BCUT2D eigenvalue weighted by molar-refractivity contribution is 0.0643. The molecule has 0 bridgehead atoms. The number of nitrogens with one attached hydrogen (secondary N) is 2.